The van der Waals surface area contributed by atoms with E-state index in [0.29, 0.717) is 29.9 Å². The van der Waals surface area contributed by atoms with Crippen molar-refractivity contribution in [2.24, 2.45) is 0 Å². The molecule has 144 valence electrons. The largest absolute Gasteiger partial charge is 0.326 e. The Kier molecular flexibility index (Phi) is 4.81. The number of carbonyl (C=O) groups is 1. The fraction of sp³-hybridized carbons (Fsp3) is 0.286. The van der Waals surface area contributed by atoms with Gasteiger partial charge in [-0.15, -0.1) is 0 Å². The first kappa shape index (κ1) is 18.2. The molecule has 1 aliphatic heterocycles. The van der Waals surface area contributed by atoms with E-state index in [1.165, 1.54) is 6.07 Å². The molecule has 0 aliphatic carbocycles. The Hall–Kier alpha value is -3.22. The van der Waals surface area contributed by atoms with E-state index in [9.17, 15) is 9.18 Å². The first-order valence-corrected chi connectivity index (χ1v) is 9.34. The van der Waals surface area contributed by atoms with E-state index in [-0.39, 0.29) is 11.8 Å². The van der Waals surface area contributed by atoms with Gasteiger partial charge in [-0.2, -0.15) is 0 Å². The van der Waals surface area contributed by atoms with Crippen LogP contribution in [0.15, 0.2) is 36.5 Å². The molecular weight excluding hydrogens is 357 g/mol. The third kappa shape index (κ3) is 3.35. The van der Waals surface area contributed by atoms with E-state index >= 15 is 0 Å². The summed E-state index contributed by atoms with van der Waals surface area (Å²) in [7, 11) is 1.80. The molecule has 1 fully saturated rings. The van der Waals surface area contributed by atoms with Crippen LogP contribution in [0.3, 0.4) is 0 Å². The van der Waals surface area contributed by atoms with Crippen LogP contribution in [0.2, 0.25) is 0 Å². The number of halogens is 1. The molecule has 3 aromatic rings. The zero-order valence-electron chi connectivity index (χ0n) is 16.0. The van der Waals surface area contributed by atoms with Crippen molar-refractivity contribution in [3.8, 4) is 0 Å². The molecule has 0 N–H and O–H groups in total. The molecule has 0 bridgehead atoms. The highest BCUT2D eigenvalue weighted by molar-refractivity contribution is 5.80. The molecule has 28 heavy (non-hydrogen) atoms. The SMILES string of the molecule is CCn1c(/C=C/c2ccc(CN3CCN(C)C3=O)nc2)nc2cccc(F)c21. The fourth-order valence-electron chi connectivity index (χ4n) is 3.45. The number of carbonyl (C=O) groups excluding carboxylic acids is 1. The van der Waals surface area contributed by atoms with Gasteiger partial charge < -0.3 is 14.4 Å². The van der Waals surface area contributed by atoms with E-state index in [1.807, 2.05) is 41.8 Å². The summed E-state index contributed by atoms with van der Waals surface area (Å²) < 4.78 is 16.0. The second-order valence-corrected chi connectivity index (χ2v) is 6.86. The third-order valence-electron chi connectivity index (χ3n) is 4.99. The smallest absolute Gasteiger partial charge is 0.320 e. The Labute approximate surface area is 162 Å². The summed E-state index contributed by atoms with van der Waals surface area (Å²) in [6.45, 7) is 4.59. The maximum absolute atomic E-state index is 14.1. The molecule has 0 saturated carbocycles. The number of hydrogen-bond acceptors (Lipinski definition) is 3. The number of likely N-dealkylation sites (N-methyl/N-ethyl adjacent to an activating group) is 1. The van der Waals surface area contributed by atoms with Crippen LogP contribution in [0, 0.1) is 5.82 Å². The van der Waals surface area contributed by atoms with E-state index in [4.69, 9.17) is 0 Å². The van der Waals surface area contributed by atoms with Crippen LogP contribution in [0.5, 0.6) is 0 Å². The van der Waals surface area contributed by atoms with Crippen molar-refractivity contribution >= 4 is 29.2 Å². The normalized spacial score (nSPS) is 14.8. The summed E-state index contributed by atoms with van der Waals surface area (Å²) in [6.07, 6.45) is 5.56. The van der Waals surface area contributed by atoms with Gasteiger partial charge in [0.25, 0.3) is 0 Å². The summed E-state index contributed by atoms with van der Waals surface area (Å²) >= 11 is 0. The molecule has 1 aliphatic rings. The first-order valence-electron chi connectivity index (χ1n) is 9.34. The summed E-state index contributed by atoms with van der Waals surface area (Å²) in [5.74, 6) is 0.442. The second kappa shape index (κ2) is 7.42. The minimum Gasteiger partial charge on any atom is -0.326 e. The topological polar surface area (TPSA) is 54.3 Å². The lowest BCUT2D eigenvalue weighted by atomic mass is 10.2. The minimum atomic E-state index is -0.264. The number of aryl methyl sites for hydroxylation is 1. The molecule has 6 nitrogen and oxygen atoms in total. The Bertz CT molecular complexity index is 1040. The highest BCUT2D eigenvalue weighted by atomic mass is 19.1. The van der Waals surface area contributed by atoms with Crippen LogP contribution in [0.25, 0.3) is 23.2 Å². The molecular formula is C21H22FN5O. The Morgan fingerprint density at radius 3 is 2.71 bits per heavy atom. The maximum atomic E-state index is 14.1. The van der Waals surface area contributed by atoms with E-state index < -0.39 is 0 Å². The number of rotatable bonds is 5. The number of benzene rings is 1. The molecule has 1 saturated heterocycles. The molecule has 0 radical (unpaired) electrons. The van der Waals surface area contributed by atoms with Gasteiger partial charge >= 0.3 is 6.03 Å². The quantitative estimate of drug-likeness (QED) is 0.680. The minimum absolute atomic E-state index is 0.0384. The maximum Gasteiger partial charge on any atom is 0.320 e. The highest BCUT2D eigenvalue weighted by Crippen LogP contribution is 2.21. The molecule has 0 atom stereocenters. The number of imidazole rings is 1. The van der Waals surface area contributed by atoms with Gasteiger partial charge in [0.2, 0.25) is 0 Å². The summed E-state index contributed by atoms with van der Waals surface area (Å²) in [6, 6.07) is 8.86. The average molecular weight is 379 g/mol. The predicted octanol–water partition coefficient (Wildman–Crippen LogP) is 3.63. The molecule has 4 rings (SSSR count). The van der Waals surface area contributed by atoms with Crippen molar-refractivity contribution < 1.29 is 9.18 Å². The van der Waals surface area contributed by atoms with Crippen LogP contribution in [-0.2, 0) is 13.1 Å². The standard InChI is InChI=1S/C21H22FN5O/c1-3-27-19(24-18-6-4-5-17(22)20(18)27)10-8-15-7-9-16(23-13-15)14-26-12-11-25(2)21(26)28/h4-10,13H,3,11-12,14H2,1-2H3/b10-8+. The average Bonchev–Trinajstić information content (AvgIpc) is 3.22. The van der Waals surface area contributed by atoms with Crippen LogP contribution in [0.4, 0.5) is 9.18 Å². The van der Waals surface area contributed by atoms with Crippen molar-refractivity contribution in [3.63, 3.8) is 0 Å². The lowest BCUT2D eigenvalue weighted by molar-refractivity contribution is 0.196. The van der Waals surface area contributed by atoms with Crippen molar-refractivity contribution in [1.82, 2.24) is 24.3 Å². The van der Waals surface area contributed by atoms with Gasteiger partial charge in [-0.25, -0.2) is 14.2 Å². The number of para-hydroxylation sites is 1. The van der Waals surface area contributed by atoms with Crippen LogP contribution >= 0.6 is 0 Å². The summed E-state index contributed by atoms with van der Waals surface area (Å²) in [5.41, 5.74) is 2.95. The number of fused-ring (bicyclic) bond motifs is 1. The van der Waals surface area contributed by atoms with Crippen molar-refractivity contribution in [1.29, 1.82) is 0 Å². The van der Waals surface area contributed by atoms with Crippen molar-refractivity contribution in [2.75, 3.05) is 20.1 Å². The third-order valence-corrected chi connectivity index (χ3v) is 4.99. The van der Waals surface area contributed by atoms with E-state index in [1.54, 1.807) is 29.1 Å². The number of pyridine rings is 1. The fourth-order valence-corrected chi connectivity index (χ4v) is 3.45. The van der Waals surface area contributed by atoms with Gasteiger partial charge in [-0.05, 0) is 42.8 Å². The van der Waals surface area contributed by atoms with Gasteiger partial charge in [0.1, 0.15) is 17.2 Å². The Balaban J connectivity index is 1.52. The van der Waals surface area contributed by atoms with Crippen LogP contribution < -0.4 is 0 Å². The second-order valence-electron chi connectivity index (χ2n) is 6.86. The van der Waals surface area contributed by atoms with Gasteiger partial charge in [-0.1, -0.05) is 12.1 Å². The molecule has 2 amide bonds. The van der Waals surface area contributed by atoms with Crippen LogP contribution in [-0.4, -0.2) is 50.5 Å². The molecule has 0 unspecified atom stereocenters. The molecule has 2 aromatic heterocycles. The molecule has 1 aromatic carbocycles. The van der Waals surface area contributed by atoms with Crippen molar-refractivity contribution in [2.45, 2.75) is 20.0 Å². The number of hydrogen-bond donors (Lipinski definition) is 0. The van der Waals surface area contributed by atoms with Gasteiger partial charge in [0, 0.05) is 32.9 Å². The number of nitrogens with zero attached hydrogens (tertiary/aromatic N) is 5. The molecule has 0 spiro atoms. The lowest BCUT2D eigenvalue weighted by Gasteiger charge is -2.15. The summed E-state index contributed by atoms with van der Waals surface area (Å²) in [5, 5.41) is 0. The monoisotopic (exact) mass is 379 g/mol. The number of urea groups is 1. The zero-order valence-corrected chi connectivity index (χ0v) is 16.0. The van der Waals surface area contributed by atoms with Gasteiger partial charge in [-0.3, -0.25) is 4.98 Å². The number of aromatic nitrogens is 3. The summed E-state index contributed by atoms with van der Waals surface area (Å²) in [4.78, 5) is 24.5. The Morgan fingerprint density at radius 2 is 2.04 bits per heavy atom. The predicted molar refractivity (Wildman–Crippen MR) is 107 cm³/mol. The molecule has 7 heteroatoms. The zero-order chi connectivity index (χ0) is 19.7. The van der Waals surface area contributed by atoms with Crippen LogP contribution in [0.1, 0.15) is 24.0 Å². The van der Waals surface area contributed by atoms with Gasteiger partial charge in [0.15, 0.2) is 0 Å². The van der Waals surface area contributed by atoms with Gasteiger partial charge in [0.05, 0.1) is 17.8 Å². The van der Waals surface area contributed by atoms with E-state index in [0.717, 1.165) is 24.3 Å². The first-order chi connectivity index (χ1) is 13.6. The lowest BCUT2D eigenvalue weighted by Crippen LogP contribution is -2.29. The van der Waals surface area contributed by atoms with E-state index in [2.05, 4.69) is 9.97 Å². The van der Waals surface area contributed by atoms with Crippen molar-refractivity contribution in [3.05, 3.63) is 59.4 Å². The Morgan fingerprint density at radius 1 is 1.18 bits per heavy atom. The number of amides is 2. The molecule has 3 heterocycles. The highest BCUT2D eigenvalue weighted by Gasteiger charge is 2.25.